The van der Waals surface area contributed by atoms with Crippen LogP contribution >= 0.6 is 23.1 Å². The lowest BCUT2D eigenvalue weighted by molar-refractivity contribution is -0.138. The van der Waals surface area contributed by atoms with Gasteiger partial charge in [0.2, 0.25) is 11.0 Å². The minimum Gasteiger partial charge on any atom is -0.481 e. The molecule has 0 radical (unpaired) electrons. The van der Waals surface area contributed by atoms with E-state index in [1.807, 2.05) is 12.1 Å². The number of rotatable bonds is 7. The van der Waals surface area contributed by atoms with Gasteiger partial charge < -0.3 is 10.4 Å². The molecule has 0 bridgehead atoms. The number of thioether (sulfide) groups is 1. The van der Waals surface area contributed by atoms with E-state index >= 15 is 0 Å². The van der Waals surface area contributed by atoms with Crippen LogP contribution in [0.25, 0.3) is 0 Å². The smallest absolute Gasteiger partial charge is 0.303 e. The molecule has 0 saturated carbocycles. The molecular formula is C14H15N3O3S2. The van der Waals surface area contributed by atoms with Crippen LogP contribution < -0.4 is 5.32 Å². The Morgan fingerprint density at radius 2 is 2.05 bits per heavy atom. The van der Waals surface area contributed by atoms with Crippen molar-refractivity contribution in [3.05, 3.63) is 35.4 Å². The van der Waals surface area contributed by atoms with E-state index in [0.29, 0.717) is 5.13 Å². The van der Waals surface area contributed by atoms with Crippen LogP contribution in [0.4, 0.5) is 5.13 Å². The highest BCUT2D eigenvalue weighted by Crippen LogP contribution is 2.29. The molecule has 2 aromatic rings. The summed E-state index contributed by atoms with van der Waals surface area (Å²) in [5.74, 6) is -0.579. The number of aromatic nitrogens is 2. The van der Waals surface area contributed by atoms with E-state index in [4.69, 9.17) is 5.11 Å². The maximum Gasteiger partial charge on any atom is 0.303 e. The summed E-state index contributed by atoms with van der Waals surface area (Å²) in [4.78, 5) is 21.9. The molecule has 0 fully saturated rings. The number of carbonyl (C=O) groups is 2. The number of carboxylic acids is 1. The molecular weight excluding hydrogens is 322 g/mol. The topological polar surface area (TPSA) is 92.2 Å². The van der Waals surface area contributed by atoms with Gasteiger partial charge in [0, 0.05) is 12.2 Å². The van der Waals surface area contributed by atoms with Crippen molar-refractivity contribution in [1.82, 2.24) is 10.2 Å². The van der Waals surface area contributed by atoms with Gasteiger partial charge in [0.05, 0.1) is 6.42 Å². The van der Waals surface area contributed by atoms with Crippen molar-refractivity contribution in [2.24, 2.45) is 0 Å². The number of aliphatic carboxylic acids is 1. The predicted octanol–water partition coefficient (Wildman–Crippen LogP) is 2.94. The van der Waals surface area contributed by atoms with Gasteiger partial charge in [-0.25, -0.2) is 0 Å². The number of aryl methyl sites for hydroxylation is 1. The second-order valence-corrected chi connectivity index (χ2v) is 6.73. The van der Waals surface area contributed by atoms with Crippen LogP contribution in [0.5, 0.6) is 0 Å². The fourth-order valence-electron chi connectivity index (χ4n) is 1.63. The van der Waals surface area contributed by atoms with Gasteiger partial charge in [-0.2, -0.15) is 0 Å². The normalized spacial score (nSPS) is 10.4. The lowest BCUT2D eigenvalue weighted by Gasteiger charge is -2.02. The van der Waals surface area contributed by atoms with Gasteiger partial charge in [-0.3, -0.25) is 9.59 Å². The quantitative estimate of drug-likeness (QED) is 0.596. The second kappa shape index (κ2) is 7.90. The number of carbonyl (C=O) groups excluding carboxylic acids is 1. The lowest BCUT2D eigenvalue weighted by Crippen LogP contribution is -2.12. The van der Waals surface area contributed by atoms with Gasteiger partial charge in [-0.1, -0.05) is 47.4 Å². The molecule has 116 valence electrons. The number of carboxylic acid groups (broad SMARTS) is 1. The van der Waals surface area contributed by atoms with Crippen LogP contribution in [0.1, 0.15) is 24.0 Å². The second-order valence-electron chi connectivity index (χ2n) is 4.53. The molecule has 0 saturated heterocycles. The van der Waals surface area contributed by atoms with Crippen LogP contribution in [0.2, 0.25) is 0 Å². The summed E-state index contributed by atoms with van der Waals surface area (Å²) in [5, 5.41) is 19.4. The molecule has 22 heavy (non-hydrogen) atoms. The molecule has 1 amide bonds. The van der Waals surface area contributed by atoms with Crippen LogP contribution in [-0.4, -0.2) is 27.2 Å². The molecule has 0 unspecified atom stereocenters. The van der Waals surface area contributed by atoms with Crippen molar-refractivity contribution in [3.63, 3.8) is 0 Å². The van der Waals surface area contributed by atoms with E-state index < -0.39 is 5.97 Å². The monoisotopic (exact) mass is 337 g/mol. The van der Waals surface area contributed by atoms with Crippen molar-refractivity contribution in [1.29, 1.82) is 0 Å². The molecule has 1 aromatic carbocycles. The first kappa shape index (κ1) is 16.4. The lowest BCUT2D eigenvalue weighted by atomic mass is 10.1. The Hall–Kier alpha value is -1.93. The maximum atomic E-state index is 11.5. The zero-order valence-electron chi connectivity index (χ0n) is 11.9. The Labute approximate surface area is 136 Å². The molecule has 2 rings (SSSR count). The fraction of sp³-hybridized carbons (Fsp3) is 0.286. The standard InChI is InChI=1S/C14H15N3O3S2/c1-9-4-2-3-5-10(9)8-21-14-17-16-13(22-14)15-11(18)6-7-12(19)20/h2-5H,6-8H2,1H3,(H,19,20)(H,15,16,18). The number of amides is 1. The van der Waals surface area contributed by atoms with Crippen molar-refractivity contribution in [2.45, 2.75) is 29.9 Å². The summed E-state index contributed by atoms with van der Waals surface area (Å²) in [6.07, 6.45) is -0.264. The summed E-state index contributed by atoms with van der Waals surface area (Å²) in [5.41, 5.74) is 2.46. The molecule has 2 N–H and O–H groups in total. The molecule has 0 aliphatic heterocycles. The average Bonchev–Trinajstić information content (AvgIpc) is 2.92. The number of benzene rings is 1. The number of hydrogen-bond acceptors (Lipinski definition) is 6. The van der Waals surface area contributed by atoms with Gasteiger partial charge >= 0.3 is 5.97 Å². The van der Waals surface area contributed by atoms with Gasteiger partial charge in [0.25, 0.3) is 0 Å². The van der Waals surface area contributed by atoms with E-state index in [1.165, 1.54) is 22.5 Å². The number of nitrogens with zero attached hydrogens (tertiary/aromatic N) is 2. The summed E-state index contributed by atoms with van der Waals surface area (Å²) in [6, 6.07) is 8.12. The predicted molar refractivity (Wildman–Crippen MR) is 86.1 cm³/mol. The SMILES string of the molecule is Cc1ccccc1CSc1nnc(NC(=O)CCC(=O)O)s1. The maximum absolute atomic E-state index is 11.5. The van der Waals surface area contributed by atoms with Crippen molar-refractivity contribution in [3.8, 4) is 0 Å². The minimum atomic E-state index is -0.998. The Kier molecular flexibility index (Phi) is 5.91. The Bertz CT molecular complexity index is 673. The molecule has 0 aliphatic carbocycles. The number of anilines is 1. The third kappa shape index (κ3) is 5.12. The molecule has 0 spiro atoms. The highest BCUT2D eigenvalue weighted by Gasteiger charge is 2.10. The van der Waals surface area contributed by atoms with Crippen molar-refractivity contribution in [2.75, 3.05) is 5.32 Å². The third-order valence-corrected chi connectivity index (χ3v) is 4.85. The average molecular weight is 337 g/mol. The van der Waals surface area contributed by atoms with Gasteiger partial charge in [0.15, 0.2) is 4.34 Å². The molecule has 1 aromatic heterocycles. The number of nitrogens with one attached hydrogen (secondary N) is 1. The van der Waals surface area contributed by atoms with Crippen LogP contribution in [-0.2, 0) is 15.3 Å². The van der Waals surface area contributed by atoms with Gasteiger partial charge in [0.1, 0.15) is 0 Å². The van der Waals surface area contributed by atoms with Crippen LogP contribution in [0, 0.1) is 6.92 Å². The first-order chi connectivity index (χ1) is 10.5. The van der Waals surface area contributed by atoms with Crippen molar-refractivity contribution >= 4 is 40.1 Å². The first-order valence-electron chi connectivity index (χ1n) is 6.57. The molecule has 6 nitrogen and oxygen atoms in total. The largest absolute Gasteiger partial charge is 0.481 e. The van der Waals surface area contributed by atoms with E-state index in [0.717, 1.165) is 10.1 Å². The molecule has 0 aliphatic rings. The zero-order valence-corrected chi connectivity index (χ0v) is 13.5. The first-order valence-corrected chi connectivity index (χ1v) is 8.37. The van der Waals surface area contributed by atoms with E-state index in [2.05, 4.69) is 34.6 Å². The highest BCUT2D eigenvalue weighted by molar-refractivity contribution is 8.00. The number of hydrogen-bond donors (Lipinski definition) is 2. The summed E-state index contributed by atoms with van der Waals surface area (Å²) >= 11 is 2.84. The zero-order chi connectivity index (χ0) is 15.9. The Morgan fingerprint density at radius 1 is 1.27 bits per heavy atom. The highest BCUT2D eigenvalue weighted by atomic mass is 32.2. The third-order valence-electron chi connectivity index (χ3n) is 2.83. The molecule has 0 atom stereocenters. The van der Waals surface area contributed by atoms with Crippen LogP contribution in [0.15, 0.2) is 28.6 Å². The van der Waals surface area contributed by atoms with E-state index in [9.17, 15) is 9.59 Å². The van der Waals surface area contributed by atoms with E-state index in [-0.39, 0.29) is 18.7 Å². The Morgan fingerprint density at radius 3 is 2.77 bits per heavy atom. The minimum absolute atomic E-state index is 0.0688. The molecule has 8 heteroatoms. The van der Waals surface area contributed by atoms with Crippen LogP contribution in [0.3, 0.4) is 0 Å². The Balaban J connectivity index is 1.85. The van der Waals surface area contributed by atoms with Gasteiger partial charge in [-0.05, 0) is 18.1 Å². The van der Waals surface area contributed by atoms with E-state index in [1.54, 1.807) is 11.8 Å². The fourth-order valence-corrected chi connectivity index (χ4v) is 3.48. The van der Waals surface area contributed by atoms with Gasteiger partial charge in [-0.15, -0.1) is 10.2 Å². The van der Waals surface area contributed by atoms with Crippen molar-refractivity contribution < 1.29 is 14.7 Å². The summed E-state index contributed by atoms with van der Waals surface area (Å²) in [7, 11) is 0. The summed E-state index contributed by atoms with van der Waals surface area (Å²) in [6.45, 7) is 2.06. The summed E-state index contributed by atoms with van der Waals surface area (Å²) < 4.78 is 0.761. The molecule has 1 heterocycles.